The quantitative estimate of drug-likeness (QED) is 0.589. The van der Waals surface area contributed by atoms with Gasteiger partial charge in [0.25, 0.3) is 11.6 Å². The molecule has 0 bridgehead atoms. The van der Waals surface area contributed by atoms with E-state index >= 15 is 0 Å². The number of hydrogen-bond acceptors (Lipinski definition) is 5. The molecule has 0 saturated heterocycles. The number of amides is 1. The maximum Gasteiger partial charge on any atom is 0.269 e. The Balaban J connectivity index is 1.81. The topological polar surface area (TPSA) is 103 Å². The Morgan fingerprint density at radius 2 is 2.00 bits per heavy atom. The molecule has 8 heteroatoms. The second kappa shape index (κ2) is 5.84. The van der Waals surface area contributed by atoms with E-state index in [1.54, 1.807) is 22.9 Å². The Kier molecular flexibility index (Phi) is 3.71. The molecule has 0 atom stereocenters. The lowest BCUT2D eigenvalue weighted by molar-refractivity contribution is -0.384. The number of nitro groups is 1. The zero-order chi connectivity index (χ0) is 16.4. The van der Waals surface area contributed by atoms with Crippen LogP contribution in [0.4, 0.5) is 11.4 Å². The van der Waals surface area contributed by atoms with Crippen LogP contribution in [-0.2, 0) is 6.54 Å². The minimum Gasteiger partial charge on any atom is -0.322 e. The standard InChI is InChI=1S/C15H13N5O3/c1-2-19-14-8-3-10(9-13(14)17-18-19)15(21)16-11-4-6-12(7-5-11)20(22)23/h3-9H,2H2,1H3,(H,16,21). The number of carbonyl (C=O) groups excluding carboxylic acids is 1. The Hall–Kier alpha value is -3.29. The molecular weight excluding hydrogens is 298 g/mol. The Labute approximate surface area is 130 Å². The maximum absolute atomic E-state index is 12.3. The van der Waals surface area contributed by atoms with Gasteiger partial charge >= 0.3 is 0 Å². The number of nitrogens with one attached hydrogen (secondary N) is 1. The fraction of sp³-hybridized carbons (Fsp3) is 0.133. The van der Waals surface area contributed by atoms with Crippen molar-refractivity contribution in [3.8, 4) is 0 Å². The minimum atomic E-state index is -0.489. The molecule has 2 aromatic carbocycles. The first-order valence-corrected chi connectivity index (χ1v) is 6.97. The molecule has 1 N–H and O–H groups in total. The van der Waals surface area contributed by atoms with E-state index in [0.717, 1.165) is 5.52 Å². The van der Waals surface area contributed by atoms with Gasteiger partial charge in [-0.15, -0.1) is 5.10 Å². The van der Waals surface area contributed by atoms with Gasteiger partial charge in [0, 0.05) is 29.9 Å². The van der Waals surface area contributed by atoms with Crippen LogP contribution in [0.15, 0.2) is 42.5 Å². The highest BCUT2D eigenvalue weighted by molar-refractivity contribution is 6.05. The van der Waals surface area contributed by atoms with Crippen molar-refractivity contribution in [3.05, 3.63) is 58.1 Å². The van der Waals surface area contributed by atoms with E-state index in [1.807, 2.05) is 6.92 Å². The normalized spacial score (nSPS) is 10.7. The Bertz CT molecular complexity index is 886. The van der Waals surface area contributed by atoms with Crippen molar-refractivity contribution in [1.29, 1.82) is 0 Å². The maximum atomic E-state index is 12.3. The molecule has 3 rings (SSSR count). The molecule has 0 fully saturated rings. The van der Waals surface area contributed by atoms with Crippen molar-refractivity contribution >= 4 is 28.3 Å². The summed E-state index contributed by atoms with van der Waals surface area (Å²) in [5, 5.41) is 21.3. The molecule has 0 aliphatic carbocycles. The van der Waals surface area contributed by atoms with E-state index < -0.39 is 4.92 Å². The summed E-state index contributed by atoms with van der Waals surface area (Å²) in [6, 6.07) is 10.8. The lowest BCUT2D eigenvalue weighted by Gasteiger charge is -2.05. The number of hydrogen-bond donors (Lipinski definition) is 1. The number of fused-ring (bicyclic) bond motifs is 1. The third-order valence-corrected chi connectivity index (χ3v) is 3.41. The summed E-state index contributed by atoms with van der Waals surface area (Å²) in [6.45, 7) is 2.66. The molecule has 1 amide bonds. The zero-order valence-electron chi connectivity index (χ0n) is 12.3. The SMILES string of the molecule is CCn1nnc2cc(C(=O)Nc3ccc([N+](=O)[O-])cc3)ccc21. The van der Waals surface area contributed by atoms with Crippen LogP contribution in [-0.4, -0.2) is 25.8 Å². The van der Waals surface area contributed by atoms with Crippen molar-refractivity contribution < 1.29 is 9.72 Å². The summed E-state index contributed by atoms with van der Waals surface area (Å²) in [7, 11) is 0. The summed E-state index contributed by atoms with van der Waals surface area (Å²) in [5.41, 5.74) is 2.40. The van der Waals surface area contributed by atoms with Crippen LogP contribution in [0.2, 0.25) is 0 Å². The summed E-state index contributed by atoms with van der Waals surface area (Å²) in [5.74, 6) is -0.313. The zero-order valence-corrected chi connectivity index (χ0v) is 12.3. The molecule has 1 aromatic heterocycles. The highest BCUT2D eigenvalue weighted by atomic mass is 16.6. The van der Waals surface area contributed by atoms with Crippen molar-refractivity contribution in [1.82, 2.24) is 15.0 Å². The van der Waals surface area contributed by atoms with Gasteiger partial charge in [0.2, 0.25) is 0 Å². The second-order valence-corrected chi connectivity index (χ2v) is 4.87. The predicted octanol–water partition coefficient (Wildman–Crippen LogP) is 2.61. The van der Waals surface area contributed by atoms with Crippen molar-refractivity contribution in [2.75, 3.05) is 5.32 Å². The van der Waals surface area contributed by atoms with Gasteiger partial charge in [0.05, 0.1) is 10.4 Å². The lowest BCUT2D eigenvalue weighted by Crippen LogP contribution is -2.11. The predicted molar refractivity (Wildman–Crippen MR) is 84.3 cm³/mol. The number of benzene rings is 2. The second-order valence-electron chi connectivity index (χ2n) is 4.87. The first-order chi connectivity index (χ1) is 11.1. The van der Waals surface area contributed by atoms with Crippen LogP contribution < -0.4 is 5.32 Å². The Morgan fingerprint density at radius 1 is 1.26 bits per heavy atom. The minimum absolute atomic E-state index is 0.0272. The Morgan fingerprint density at radius 3 is 2.65 bits per heavy atom. The first kappa shape index (κ1) is 14.6. The van der Waals surface area contributed by atoms with Crippen LogP contribution >= 0.6 is 0 Å². The third-order valence-electron chi connectivity index (χ3n) is 3.41. The summed E-state index contributed by atoms with van der Waals surface area (Å²) in [4.78, 5) is 22.4. The summed E-state index contributed by atoms with van der Waals surface area (Å²) in [6.07, 6.45) is 0. The van der Waals surface area contributed by atoms with Crippen LogP contribution in [0.3, 0.4) is 0 Å². The molecule has 0 radical (unpaired) electrons. The smallest absolute Gasteiger partial charge is 0.269 e. The lowest BCUT2D eigenvalue weighted by atomic mass is 10.1. The largest absolute Gasteiger partial charge is 0.322 e. The van der Waals surface area contributed by atoms with Gasteiger partial charge < -0.3 is 5.32 Å². The molecule has 3 aromatic rings. The van der Waals surface area contributed by atoms with E-state index in [1.165, 1.54) is 24.3 Å². The van der Waals surface area contributed by atoms with Crippen LogP contribution in [0, 0.1) is 10.1 Å². The fourth-order valence-corrected chi connectivity index (χ4v) is 2.22. The van der Waals surface area contributed by atoms with Gasteiger partial charge in [-0.05, 0) is 37.3 Å². The average Bonchev–Trinajstić information content (AvgIpc) is 2.97. The van der Waals surface area contributed by atoms with Gasteiger partial charge in [0.15, 0.2) is 0 Å². The monoisotopic (exact) mass is 311 g/mol. The van der Waals surface area contributed by atoms with Gasteiger partial charge in [-0.25, -0.2) is 4.68 Å². The number of rotatable bonds is 4. The molecular formula is C15H13N5O3. The van der Waals surface area contributed by atoms with Crippen molar-refractivity contribution in [2.24, 2.45) is 0 Å². The van der Waals surface area contributed by atoms with Gasteiger partial charge in [-0.2, -0.15) is 0 Å². The van der Waals surface area contributed by atoms with Crippen molar-refractivity contribution in [3.63, 3.8) is 0 Å². The highest BCUT2D eigenvalue weighted by Gasteiger charge is 2.11. The number of nitrogens with zero attached hydrogens (tertiary/aromatic N) is 4. The van der Waals surface area contributed by atoms with Crippen LogP contribution in [0.5, 0.6) is 0 Å². The van der Waals surface area contributed by atoms with E-state index in [2.05, 4.69) is 15.6 Å². The molecule has 1 heterocycles. The molecule has 0 spiro atoms. The van der Waals surface area contributed by atoms with E-state index in [-0.39, 0.29) is 11.6 Å². The number of non-ortho nitro benzene ring substituents is 1. The van der Waals surface area contributed by atoms with Crippen LogP contribution in [0.1, 0.15) is 17.3 Å². The molecule has 0 saturated carbocycles. The molecule has 0 unspecified atom stereocenters. The molecule has 116 valence electrons. The highest BCUT2D eigenvalue weighted by Crippen LogP contribution is 2.18. The van der Waals surface area contributed by atoms with E-state index in [4.69, 9.17) is 0 Å². The van der Waals surface area contributed by atoms with Crippen LogP contribution in [0.25, 0.3) is 11.0 Å². The molecule has 23 heavy (non-hydrogen) atoms. The van der Waals surface area contributed by atoms with Gasteiger partial charge in [-0.3, -0.25) is 14.9 Å². The third kappa shape index (κ3) is 2.86. The summed E-state index contributed by atoms with van der Waals surface area (Å²) < 4.78 is 1.74. The summed E-state index contributed by atoms with van der Waals surface area (Å²) >= 11 is 0. The van der Waals surface area contributed by atoms with Crippen molar-refractivity contribution in [2.45, 2.75) is 13.5 Å². The number of aromatic nitrogens is 3. The molecule has 0 aliphatic heterocycles. The molecule has 8 nitrogen and oxygen atoms in total. The van der Waals surface area contributed by atoms with Gasteiger partial charge in [0.1, 0.15) is 5.52 Å². The number of aryl methyl sites for hydroxylation is 1. The van der Waals surface area contributed by atoms with E-state index in [0.29, 0.717) is 23.3 Å². The number of nitro benzene ring substituents is 1. The van der Waals surface area contributed by atoms with Gasteiger partial charge in [-0.1, -0.05) is 5.21 Å². The average molecular weight is 311 g/mol. The fourth-order valence-electron chi connectivity index (χ4n) is 2.22. The first-order valence-electron chi connectivity index (χ1n) is 6.97. The number of carbonyl (C=O) groups is 1. The molecule has 0 aliphatic rings. The van der Waals surface area contributed by atoms with E-state index in [9.17, 15) is 14.9 Å². The number of anilines is 1.